The fraction of sp³-hybridized carbons (Fsp3) is 0.462. The summed E-state index contributed by atoms with van der Waals surface area (Å²) in [6.07, 6.45) is 1.69. The zero-order chi connectivity index (χ0) is 14.7. The summed E-state index contributed by atoms with van der Waals surface area (Å²) >= 11 is 0. The van der Waals surface area contributed by atoms with Crippen molar-refractivity contribution in [1.29, 1.82) is 0 Å². The summed E-state index contributed by atoms with van der Waals surface area (Å²) in [7, 11) is -3.43. The molecule has 0 aliphatic carbocycles. The van der Waals surface area contributed by atoms with E-state index in [1.165, 1.54) is 13.8 Å². The first kappa shape index (κ1) is 15.5. The monoisotopic (exact) mass is 284 g/mol. The van der Waals surface area contributed by atoms with Crippen molar-refractivity contribution in [2.24, 2.45) is 0 Å². The fourth-order valence-corrected chi connectivity index (χ4v) is 1.79. The van der Waals surface area contributed by atoms with Crippen LogP contribution in [0.4, 0.5) is 5.69 Å². The van der Waals surface area contributed by atoms with E-state index in [-0.39, 0.29) is 0 Å². The first-order valence-electron chi connectivity index (χ1n) is 5.97. The number of rotatable bonds is 5. The van der Waals surface area contributed by atoms with E-state index in [1.54, 1.807) is 12.1 Å². The Morgan fingerprint density at radius 1 is 1.26 bits per heavy atom. The van der Waals surface area contributed by atoms with E-state index in [0.717, 1.165) is 11.8 Å². The van der Waals surface area contributed by atoms with Crippen LogP contribution in [0.5, 0.6) is 0 Å². The first-order valence-corrected chi connectivity index (χ1v) is 7.86. The van der Waals surface area contributed by atoms with Gasteiger partial charge < -0.3 is 11.1 Å². The van der Waals surface area contributed by atoms with Crippen LogP contribution in [-0.4, -0.2) is 31.9 Å². The first-order chi connectivity index (χ1) is 8.64. The molecule has 0 atom stereocenters. The molecule has 19 heavy (non-hydrogen) atoms. The second kappa shape index (κ2) is 5.61. The standard InChI is InChI=1S/C13H20N2O3S/c1-13(2,19(3,17)18)12(16)15-9-8-10-4-6-11(14)7-5-10/h4-7H,8-9,14H2,1-3H3,(H,15,16). The molecule has 5 nitrogen and oxygen atoms in total. The molecule has 0 saturated heterocycles. The van der Waals surface area contributed by atoms with Crippen molar-refractivity contribution in [3.63, 3.8) is 0 Å². The average Bonchev–Trinajstić information content (AvgIpc) is 2.30. The number of benzene rings is 1. The lowest BCUT2D eigenvalue weighted by molar-refractivity contribution is -0.122. The molecular formula is C13H20N2O3S. The van der Waals surface area contributed by atoms with Gasteiger partial charge in [0.15, 0.2) is 9.84 Å². The molecule has 0 heterocycles. The number of hydrogen-bond donors (Lipinski definition) is 2. The van der Waals surface area contributed by atoms with E-state index in [0.29, 0.717) is 18.7 Å². The number of nitrogens with one attached hydrogen (secondary N) is 1. The van der Waals surface area contributed by atoms with Gasteiger partial charge in [-0.25, -0.2) is 8.42 Å². The molecule has 0 aliphatic rings. The number of anilines is 1. The minimum atomic E-state index is -3.43. The van der Waals surface area contributed by atoms with Crippen molar-refractivity contribution >= 4 is 21.4 Å². The largest absolute Gasteiger partial charge is 0.399 e. The maximum atomic E-state index is 11.8. The van der Waals surface area contributed by atoms with Gasteiger partial charge in [0.05, 0.1) is 0 Å². The van der Waals surface area contributed by atoms with Crippen molar-refractivity contribution in [2.75, 3.05) is 18.5 Å². The molecule has 0 aliphatic heterocycles. The van der Waals surface area contributed by atoms with Crippen LogP contribution in [0.25, 0.3) is 0 Å². The van der Waals surface area contributed by atoms with Gasteiger partial charge in [-0.15, -0.1) is 0 Å². The van der Waals surface area contributed by atoms with Crippen LogP contribution < -0.4 is 11.1 Å². The zero-order valence-electron chi connectivity index (χ0n) is 11.4. The molecule has 0 unspecified atom stereocenters. The second-order valence-electron chi connectivity index (χ2n) is 5.03. The van der Waals surface area contributed by atoms with E-state index in [2.05, 4.69) is 5.32 Å². The van der Waals surface area contributed by atoms with Crippen LogP contribution in [0.3, 0.4) is 0 Å². The van der Waals surface area contributed by atoms with Crippen molar-refractivity contribution in [3.05, 3.63) is 29.8 Å². The summed E-state index contributed by atoms with van der Waals surface area (Å²) < 4.78 is 21.6. The third-order valence-electron chi connectivity index (χ3n) is 3.15. The summed E-state index contributed by atoms with van der Waals surface area (Å²) in [5.41, 5.74) is 7.29. The molecule has 1 aromatic carbocycles. The van der Waals surface area contributed by atoms with Gasteiger partial charge in [-0.05, 0) is 38.0 Å². The lowest BCUT2D eigenvalue weighted by Gasteiger charge is -2.21. The average molecular weight is 284 g/mol. The third kappa shape index (κ3) is 3.96. The SMILES string of the molecule is CC(C)(C(=O)NCCc1ccc(N)cc1)S(C)(=O)=O. The topological polar surface area (TPSA) is 89.3 Å². The minimum Gasteiger partial charge on any atom is -0.399 e. The van der Waals surface area contributed by atoms with Crippen molar-refractivity contribution in [1.82, 2.24) is 5.32 Å². The number of hydrogen-bond acceptors (Lipinski definition) is 4. The van der Waals surface area contributed by atoms with Crippen molar-refractivity contribution < 1.29 is 13.2 Å². The number of carbonyl (C=O) groups is 1. The summed E-state index contributed by atoms with van der Waals surface area (Å²) in [4.78, 5) is 11.8. The van der Waals surface area contributed by atoms with Gasteiger partial charge >= 0.3 is 0 Å². The predicted molar refractivity (Wildman–Crippen MR) is 76.5 cm³/mol. The van der Waals surface area contributed by atoms with Gasteiger partial charge in [-0.3, -0.25) is 4.79 Å². The molecule has 6 heteroatoms. The van der Waals surface area contributed by atoms with Crippen LogP contribution >= 0.6 is 0 Å². The summed E-state index contributed by atoms with van der Waals surface area (Å²) in [5.74, 6) is -0.481. The lowest BCUT2D eigenvalue weighted by Crippen LogP contribution is -2.48. The maximum Gasteiger partial charge on any atom is 0.240 e. The second-order valence-corrected chi connectivity index (χ2v) is 7.59. The summed E-state index contributed by atoms with van der Waals surface area (Å²) in [5, 5.41) is 2.64. The van der Waals surface area contributed by atoms with E-state index in [1.807, 2.05) is 12.1 Å². The van der Waals surface area contributed by atoms with Crippen LogP contribution in [-0.2, 0) is 21.1 Å². The normalized spacial score (nSPS) is 12.2. The molecule has 0 bridgehead atoms. The number of carbonyl (C=O) groups excluding carboxylic acids is 1. The molecule has 0 aromatic heterocycles. The highest BCUT2D eigenvalue weighted by Gasteiger charge is 2.37. The Hall–Kier alpha value is -1.56. The quantitative estimate of drug-likeness (QED) is 0.781. The van der Waals surface area contributed by atoms with E-state index < -0.39 is 20.5 Å². The van der Waals surface area contributed by atoms with Crippen LogP contribution in [0.1, 0.15) is 19.4 Å². The smallest absolute Gasteiger partial charge is 0.240 e. The fourth-order valence-electron chi connectivity index (χ4n) is 1.39. The van der Waals surface area contributed by atoms with Crippen molar-refractivity contribution in [2.45, 2.75) is 25.0 Å². The van der Waals surface area contributed by atoms with Gasteiger partial charge in [-0.2, -0.15) is 0 Å². The van der Waals surface area contributed by atoms with Gasteiger partial charge in [0.25, 0.3) is 0 Å². The summed E-state index contributed by atoms with van der Waals surface area (Å²) in [6.45, 7) is 3.20. The number of nitrogens with two attached hydrogens (primary N) is 1. The molecule has 106 valence electrons. The Kier molecular flexibility index (Phi) is 4.57. The number of nitrogen functional groups attached to an aromatic ring is 1. The molecule has 1 amide bonds. The lowest BCUT2D eigenvalue weighted by atomic mass is 10.1. The molecule has 3 N–H and O–H groups in total. The Morgan fingerprint density at radius 2 is 1.79 bits per heavy atom. The Labute approximate surface area is 114 Å². The molecule has 1 aromatic rings. The van der Waals surface area contributed by atoms with E-state index >= 15 is 0 Å². The van der Waals surface area contributed by atoms with Gasteiger partial charge in [0.1, 0.15) is 4.75 Å². The molecule has 1 rings (SSSR count). The number of sulfone groups is 1. The van der Waals surface area contributed by atoms with Crippen LogP contribution in [0, 0.1) is 0 Å². The van der Waals surface area contributed by atoms with Gasteiger partial charge in [0.2, 0.25) is 5.91 Å². The highest BCUT2D eigenvalue weighted by molar-refractivity contribution is 7.92. The van der Waals surface area contributed by atoms with E-state index in [9.17, 15) is 13.2 Å². The Bertz CT molecular complexity index is 548. The zero-order valence-corrected chi connectivity index (χ0v) is 12.3. The summed E-state index contributed by atoms with van der Waals surface area (Å²) in [6, 6.07) is 7.33. The minimum absolute atomic E-state index is 0.391. The predicted octanol–water partition coefficient (Wildman–Crippen LogP) is 0.751. The third-order valence-corrected chi connectivity index (χ3v) is 5.19. The Morgan fingerprint density at radius 3 is 2.26 bits per heavy atom. The highest BCUT2D eigenvalue weighted by Crippen LogP contribution is 2.15. The highest BCUT2D eigenvalue weighted by atomic mass is 32.2. The van der Waals surface area contributed by atoms with Crippen LogP contribution in [0.2, 0.25) is 0 Å². The molecule has 0 spiro atoms. The molecule has 0 saturated carbocycles. The van der Waals surface area contributed by atoms with E-state index in [4.69, 9.17) is 5.73 Å². The van der Waals surface area contributed by atoms with Gasteiger partial charge in [0, 0.05) is 18.5 Å². The van der Waals surface area contributed by atoms with Crippen LogP contribution in [0.15, 0.2) is 24.3 Å². The van der Waals surface area contributed by atoms with Crippen molar-refractivity contribution in [3.8, 4) is 0 Å². The molecular weight excluding hydrogens is 264 g/mol. The Balaban J connectivity index is 2.54. The number of amides is 1. The van der Waals surface area contributed by atoms with Gasteiger partial charge in [-0.1, -0.05) is 12.1 Å². The maximum absolute atomic E-state index is 11.8. The molecule has 0 fully saturated rings. The molecule has 0 radical (unpaired) electrons.